The van der Waals surface area contributed by atoms with Gasteiger partial charge in [-0.1, -0.05) is 54.6 Å². The molecule has 24 heavy (non-hydrogen) atoms. The van der Waals surface area contributed by atoms with Crippen molar-refractivity contribution in [3.05, 3.63) is 90.0 Å². The maximum absolute atomic E-state index is 12.4. The highest BCUT2D eigenvalue weighted by molar-refractivity contribution is 6.10. The van der Waals surface area contributed by atoms with Gasteiger partial charge in [0.1, 0.15) is 0 Å². The first kappa shape index (κ1) is 15.5. The molecule has 3 aromatic rings. The first-order valence-electron chi connectivity index (χ1n) is 7.44. The van der Waals surface area contributed by atoms with Crippen LogP contribution in [0, 0.1) is 0 Å². The Labute approximate surface area is 139 Å². The molecule has 0 unspecified atom stereocenters. The Morgan fingerprint density at radius 1 is 0.708 bits per heavy atom. The number of carboxylic acids is 1. The van der Waals surface area contributed by atoms with Crippen LogP contribution >= 0.6 is 0 Å². The molecule has 0 atom stereocenters. The number of amides is 1. The van der Waals surface area contributed by atoms with Crippen LogP contribution in [0.2, 0.25) is 0 Å². The topological polar surface area (TPSA) is 66.4 Å². The third-order valence-corrected chi connectivity index (χ3v) is 3.63. The lowest BCUT2D eigenvalue weighted by molar-refractivity contribution is 0.0692. The van der Waals surface area contributed by atoms with E-state index in [0.717, 1.165) is 11.1 Å². The van der Waals surface area contributed by atoms with Gasteiger partial charge in [-0.25, -0.2) is 4.79 Å². The van der Waals surface area contributed by atoms with Crippen molar-refractivity contribution >= 4 is 17.6 Å². The van der Waals surface area contributed by atoms with Gasteiger partial charge in [0.15, 0.2) is 0 Å². The molecule has 0 radical (unpaired) electrons. The van der Waals surface area contributed by atoms with E-state index in [4.69, 9.17) is 0 Å². The van der Waals surface area contributed by atoms with E-state index in [9.17, 15) is 14.7 Å². The number of carboxylic acid groups (broad SMARTS) is 1. The number of carbonyl (C=O) groups excluding carboxylic acids is 1. The van der Waals surface area contributed by atoms with E-state index < -0.39 is 11.9 Å². The second-order valence-electron chi connectivity index (χ2n) is 5.25. The van der Waals surface area contributed by atoms with Crippen LogP contribution in [0.4, 0.5) is 5.69 Å². The smallest absolute Gasteiger partial charge is 0.336 e. The Kier molecular flexibility index (Phi) is 4.38. The van der Waals surface area contributed by atoms with E-state index in [1.54, 1.807) is 18.2 Å². The van der Waals surface area contributed by atoms with Gasteiger partial charge in [0.05, 0.1) is 11.1 Å². The first-order chi connectivity index (χ1) is 11.6. The number of carbonyl (C=O) groups is 2. The normalized spacial score (nSPS) is 10.2. The van der Waals surface area contributed by atoms with E-state index in [0.29, 0.717) is 5.69 Å². The molecule has 0 heterocycles. The third kappa shape index (κ3) is 3.33. The van der Waals surface area contributed by atoms with Crippen molar-refractivity contribution in [3.8, 4) is 11.1 Å². The highest BCUT2D eigenvalue weighted by Gasteiger charge is 2.15. The molecule has 1 amide bonds. The minimum absolute atomic E-state index is 0.0192. The molecule has 2 N–H and O–H groups in total. The van der Waals surface area contributed by atoms with Gasteiger partial charge in [-0.05, 0) is 35.4 Å². The summed E-state index contributed by atoms with van der Waals surface area (Å²) in [5.41, 5.74) is 2.74. The monoisotopic (exact) mass is 317 g/mol. The Balaban J connectivity index is 1.87. The number of hydrogen-bond donors (Lipinski definition) is 2. The molecule has 0 bridgehead atoms. The lowest BCUT2D eigenvalue weighted by Crippen LogP contribution is -2.16. The summed E-state index contributed by atoms with van der Waals surface area (Å²) in [6.07, 6.45) is 0. The number of rotatable bonds is 4. The highest BCUT2D eigenvalue weighted by Crippen LogP contribution is 2.23. The minimum atomic E-state index is -1.13. The van der Waals surface area contributed by atoms with E-state index in [-0.39, 0.29) is 11.1 Å². The van der Waals surface area contributed by atoms with E-state index in [1.165, 1.54) is 12.1 Å². The van der Waals surface area contributed by atoms with Crippen molar-refractivity contribution in [1.82, 2.24) is 0 Å². The van der Waals surface area contributed by atoms with E-state index in [2.05, 4.69) is 5.32 Å². The predicted octanol–water partition coefficient (Wildman–Crippen LogP) is 4.30. The quantitative estimate of drug-likeness (QED) is 0.754. The van der Waals surface area contributed by atoms with Gasteiger partial charge >= 0.3 is 5.97 Å². The largest absolute Gasteiger partial charge is 0.478 e. The molecule has 0 aliphatic carbocycles. The van der Waals surface area contributed by atoms with Crippen LogP contribution in [0.1, 0.15) is 20.7 Å². The number of benzene rings is 3. The van der Waals surface area contributed by atoms with E-state index >= 15 is 0 Å². The van der Waals surface area contributed by atoms with Crippen LogP contribution in [0.25, 0.3) is 11.1 Å². The summed E-state index contributed by atoms with van der Waals surface area (Å²) in [7, 11) is 0. The van der Waals surface area contributed by atoms with Gasteiger partial charge < -0.3 is 10.4 Å². The van der Waals surface area contributed by atoms with Gasteiger partial charge in [-0.3, -0.25) is 4.79 Å². The number of anilines is 1. The maximum atomic E-state index is 12.4. The summed E-state index contributed by atoms with van der Waals surface area (Å²) in [4.78, 5) is 23.7. The Hall–Kier alpha value is -3.40. The molecule has 0 aromatic heterocycles. The SMILES string of the molecule is O=C(O)c1ccccc1C(=O)Nc1cccc(-c2ccccc2)c1. The molecule has 3 rings (SSSR count). The van der Waals surface area contributed by atoms with Crippen molar-refractivity contribution in [2.75, 3.05) is 5.32 Å². The van der Waals surface area contributed by atoms with Crippen molar-refractivity contribution in [2.45, 2.75) is 0 Å². The van der Waals surface area contributed by atoms with Gasteiger partial charge in [0.2, 0.25) is 0 Å². The molecule has 0 saturated heterocycles. The molecular weight excluding hydrogens is 302 g/mol. The van der Waals surface area contributed by atoms with Gasteiger partial charge in [0.25, 0.3) is 5.91 Å². The second-order valence-corrected chi connectivity index (χ2v) is 5.25. The molecule has 0 aliphatic heterocycles. The average molecular weight is 317 g/mol. The lowest BCUT2D eigenvalue weighted by atomic mass is 10.0. The van der Waals surface area contributed by atoms with Crippen LogP contribution in [0.15, 0.2) is 78.9 Å². The number of aromatic carboxylic acids is 1. The Bertz CT molecular complexity index is 888. The molecule has 4 heteroatoms. The summed E-state index contributed by atoms with van der Waals surface area (Å²) in [6, 6.07) is 23.4. The van der Waals surface area contributed by atoms with Crippen LogP contribution in [0.3, 0.4) is 0 Å². The first-order valence-corrected chi connectivity index (χ1v) is 7.44. The average Bonchev–Trinajstić information content (AvgIpc) is 2.62. The van der Waals surface area contributed by atoms with Gasteiger partial charge in [0, 0.05) is 5.69 Å². The zero-order valence-electron chi connectivity index (χ0n) is 12.8. The molecule has 0 aliphatic rings. The van der Waals surface area contributed by atoms with E-state index in [1.807, 2.05) is 48.5 Å². The van der Waals surface area contributed by atoms with Crippen LogP contribution in [-0.4, -0.2) is 17.0 Å². The summed E-state index contributed by atoms with van der Waals surface area (Å²) in [5, 5.41) is 12.0. The fourth-order valence-corrected chi connectivity index (χ4v) is 2.47. The minimum Gasteiger partial charge on any atom is -0.478 e. The number of hydrogen-bond acceptors (Lipinski definition) is 2. The van der Waals surface area contributed by atoms with Crippen LogP contribution in [0.5, 0.6) is 0 Å². The molecule has 0 saturated carbocycles. The molecule has 4 nitrogen and oxygen atoms in total. The molecular formula is C20H15NO3. The molecule has 3 aromatic carbocycles. The van der Waals surface area contributed by atoms with Crippen LogP contribution in [-0.2, 0) is 0 Å². The van der Waals surface area contributed by atoms with Crippen molar-refractivity contribution < 1.29 is 14.7 Å². The fraction of sp³-hybridized carbons (Fsp3) is 0. The maximum Gasteiger partial charge on any atom is 0.336 e. The second kappa shape index (κ2) is 6.79. The Morgan fingerprint density at radius 3 is 2.04 bits per heavy atom. The van der Waals surface area contributed by atoms with Crippen molar-refractivity contribution in [2.24, 2.45) is 0 Å². The summed E-state index contributed by atoms with van der Waals surface area (Å²) < 4.78 is 0. The van der Waals surface area contributed by atoms with Gasteiger partial charge in [-0.2, -0.15) is 0 Å². The Morgan fingerprint density at radius 2 is 1.33 bits per heavy atom. The zero-order valence-corrected chi connectivity index (χ0v) is 12.8. The summed E-state index contributed by atoms with van der Waals surface area (Å²) in [5.74, 6) is -1.57. The molecule has 0 spiro atoms. The standard InChI is InChI=1S/C20H15NO3/c22-19(17-11-4-5-12-18(17)20(23)24)21-16-10-6-9-15(13-16)14-7-2-1-3-8-14/h1-13H,(H,21,22)(H,23,24). The third-order valence-electron chi connectivity index (χ3n) is 3.63. The predicted molar refractivity (Wildman–Crippen MR) is 93.2 cm³/mol. The van der Waals surface area contributed by atoms with Gasteiger partial charge in [-0.15, -0.1) is 0 Å². The summed E-state index contributed by atoms with van der Waals surface area (Å²) >= 11 is 0. The van der Waals surface area contributed by atoms with Crippen LogP contribution < -0.4 is 5.32 Å². The molecule has 118 valence electrons. The van der Waals surface area contributed by atoms with Crippen molar-refractivity contribution in [3.63, 3.8) is 0 Å². The fourth-order valence-electron chi connectivity index (χ4n) is 2.47. The molecule has 0 fully saturated rings. The summed E-state index contributed by atoms with van der Waals surface area (Å²) in [6.45, 7) is 0. The highest BCUT2D eigenvalue weighted by atomic mass is 16.4. The lowest BCUT2D eigenvalue weighted by Gasteiger charge is -2.09. The zero-order chi connectivity index (χ0) is 16.9. The van der Waals surface area contributed by atoms with Crippen molar-refractivity contribution in [1.29, 1.82) is 0 Å². The number of nitrogens with one attached hydrogen (secondary N) is 1.